The molecule has 8 heteroatoms. The number of urea groups is 1. The molecule has 0 saturated carbocycles. The molecule has 2 amide bonds. The molecule has 0 bridgehead atoms. The topological polar surface area (TPSA) is 80.9 Å². The Balaban J connectivity index is 1.67. The molecule has 2 aromatic heterocycles. The summed E-state index contributed by atoms with van der Waals surface area (Å²) in [5, 5.41) is 11.7. The van der Waals surface area contributed by atoms with Gasteiger partial charge in [-0.05, 0) is 26.7 Å². The smallest absolute Gasteiger partial charge is 0.317 e. The van der Waals surface area contributed by atoms with Gasteiger partial charge in [0.05, 0.1) is 12.9 Å². The average molecular weight is 331 g/mol. The quantitative estimate of drug-likeness (QED) is 0.899. The molecule has 0 aromatic carbocycles. The molecule has 1 aliphatic rings. The highest BCUT2D eigenvalue weighted by atomic mass is 16.2. The van der Waals surface area contributed by atoms with Gasteiger partial charge in [-0.1, -0.05) is 0 Å². The number of piperidine rings is 1. The molecule has 0 spiro atoms. The zero-order valence-corrected chi connectivity index (χ0v) is 14.4. The van der Waals surface area contributed by atoms with Gasteiger partial charge in [-0.15, -0.1) is 10.2 Å². The number of amides is 2. The Morgan fingerprint density at radius 2 is 2.08 bits per heavy atom. The van der Waals surface area contributed by atoms with E-state index in [0.29, 0.717) is 19.0 Å². The lowest BCUT2D eigenvalue weighted by molar-refractivity contribution is 0.180. The Morgan fingerprint density at radius 1 is 1.29 bits per heavy atom. The number of hydrogen-bond donors (Lipinski definition) is 1. The van der Waals surface area contributed by atoms with E-state index in [-0.39, 0.29) is 6.03 Å². The van der Waals surface area contributed by atoms with Gasteiger partial charge in [0.15, 0.2) is 5.82 Å². The van der Waals surface area contributed by atoms with Crippen LogP contribution in [0.3, 0.4) is 0 Å². The lowest BCUT2D eigenvalue weighted by atomic mass is 9.96. The van der Waals surface area contributed by atoms with Gasteiger partial charge in [0.25, 0.3) is 0 Å². The molecule has 8 nitrogen and oxygen atoms in total. The Hall–Kier alpha value is -2.38. The van der Waals surface area contributed by atoms with Gasteiger partial charge < -0.3 is 19.4 Å². The van der Waals surface area contributed by atoms with Crippen LogP contribution >= 0.6 is 0 Å². The zero-order valence-electron chi connectivity index (χ0n) is 14.4. The van der Waals surface area contributed by atoms with Gasteiger partial charge in [-0.3, -0.25) is 0 Å². The van der Waals surface area contributed by atoms with E-state index in [1.54, 1.807) is 12.5 Å². The number of nitrogens with one attached hydrogen (secondary N) is 1. The van der Waals surface area contributed by atoms with Crippen LogP contribution in [-0.2, 0) is 13.1 Å². The normalized spacial score (nSPS) is 15.7. The van der Waals surface area contributed by atoms with Gasteiger partial charge in [-0.2, -0.15) is 0 Å². The molecule has 0 radical (unpaired) electrons. The Morgan fingerprint density at radius 3 is 2.71 bits per heavy atom. The van der Waals surface area contributed by atoms with E-state index in [1.165, 1.54) is 0 Å². The fourth-order valence-corrected chi connectivity index (χ4v) is 3.26. The van der Waals surface area contributed by atoms with E-state index in [2.05, 4.69) is 32.0 Å². The number of likely N-dealkylation sites (tertiary alicyclic amines) is 1. The van der Waals surface area contributed by atoms with Crippen LogP contribution in [0.2, 0.25) is 0 Å². The van der Waals surface area contributed by atoms with Crippen molar-refractivity contribution in [2.24, 2.45) is 0 Å². The fourth-order valence-electron chi connectivity index (χ4n) is 3.26. The Kier molecular flexibility index (Phi) is 5.12. The molecule has 1 N–H and O–H groups in total. The van der Waals surface area contributed by atoms with Crippen LogP contribution < -0.4 is 5.32 Å². The van der Waals surface area contributed by atoms with Crippen LogP contribution in [0.5, 0.6) is 0 Å². The number of carbonyl (C=O) groups is 1. The lowest BCUT2D eigenvalue weighted by Gasteiger charge is -2.31. The molecule has 1 aliphatic heterocycles. The molecule has 24 heavy (non-hydrogen) atoms. The first-order chi connectivity index (χ1) is 11.7. The maximum Gasteiger partial charge on any atom is 0.317 e. The van der Waals surface area contributed by atoms with Crippen molar-refractivity contribution in [1.29, 1.82) is 0 Å². The van der Waals surface area contributed by atoms with Crippen molar-refractivity contribution in [3.8, 4) is 0 Å². The van der Waals surface area contributed by atoms with Gasteiger partial charge in [0.2, 0.25) is 0 Å². The number of imidazole rings is 1. The van der Waals surface area contributed by atoms with Crippen LogP contribution in [0, 0.1) is 0 Å². The van der Waals surface area contributed by atoms with E-state index in [9.17, 15) is 4.79 Å². The van der Waals surface area contributed by atoms with Gasteiger partial charge in [0, 0.05) is 44.5 Å². The van der Waals surface area contributed by atoms with Crippen molar-refractivity contribution >= 4 is 6.03 Å². The summed E-state index contributed by atoms with van der Waals surface area (Å²) in [6.07, 6.45) is 7.35. The minimum absolute atomic E-state index is 0.0358. The van der Waals surface area contributed by atoms with E-state index >= 15 is 0 Å². The van der Waals surface area contributed by atoms with Gasteiger partial charge in [-0.25, -0.2) is 9.78 Å². The summed E-state index contributed by atoms with van der Waals surface area (Å²) in [4.78, 5) is 17.9. The highest BCUT2D eigenvalue weighted by Gasteiger charge is 2.27. The number of aromatic nitrogens is 5. The monoisotopic (exact) mass is 331 g/mol. The standard InChI is InChI=1S/C16H25N7O/c1-3-18-16(24)22-8-5-13(6-9-22)15-20-19-14(23(15)4-2)11-21-10-7-17-12-21/h7,10,12-13H,3-6,8-9,11H2,1-2H3,(H,18,24). The minimum Gasteiger partial charge on any atom is -0.338 e. The summed E-state index contributed by atoms with van der Waals surface area (Å²) in [5.74, 6) is 2.36. The van der Waals surface area contributed by atoms with Crippen LogP contribution in [0.25, 0.3) is 0 Å². The molecule has 0 aliphatic carbocycles. The van der Waals surface area contributed by atoms with Crippen molar-refractivity contribution in [1.82, 2.24) is 34.5 Å². The summed E-state index contributed by atoms with van der Waals surface area (Å²) in [7, 11) is 0. The van der Waals surface area contributed by atoms with Crippen molar-refractivity contribution in [2.75, 3.05) is 19.6 Å². The lowest BCUT2D eigenvalue weighted by Crippen LogP contribution is -2.44. The highest BCUT2D eigenvalue weighted by molar-refractivity contribution is 5.74. The molecular weight excluding hydrogens is 306 g/mol. The molecule has 0 atom stereocenters. The average Bonchev–Trinajstić information content (AvgIpc) is 3.25. The first-order valence-electron chi connectivity index (χ1n) is 8.63. The van der Waals surface area contributed by atoms with Crippen molar-refractivity contribution in [3.05, 3.63) is 30.4 Å². The molecule has 2 aromatic rings. The van der Waals surface area contributed by atoms with Crippen molar-refractivity contribution in [3.63, 3.8) is 0 Å². The number of rotatable bonds is 5. The fraction of sp³-hybridized carbons (Fsp3) is 0.625. The second kappa shape index (κ2) is 7.46. The maximum absolute atomic E-state index is 11.9. The summed E-state index contributed by atoms with van der Waals surface area (Å²) < 4.78 is 4.20. The second-order valence-corrected chi connectivity index (χ2v) is 6.05. The first kappa shape index (κ1) is 16.5. The largest absolute Gasteiger partial charge is 0.338 e. The summed E-state index contributed by atoms with van der Waals surface area (Å²) in [6, 6.07) is 0.0358. The number of nitrogens with zero attached hydrogens (tertiary/aromatic N) is 6. The summed E-state index contributed by atoms with van der Waals surface area (Å²) >= 11 is 0. The van der Waals surface area contributed by atoms with E-state index < -0.39 is 0 Å². The predicted octanol–water partition coefficient (Wildman–Crippen LogP) is 1.45. The summed E-state index contributed by atoms with van der Waals surface area (Å²) in [6.45, 7) is 7.79. The predicted molar refractivity (Wildman–Crippen MR) is 89.6 cm³/mol. The third-order valence-electron chi connectivity index (χ3n) is 4.53. The third kappa shape index (κ3) is 3.42. The summed E-state index contributed by atoms with van der Waals surface area (Å²) in [5.41, 5.74) is 0. The van der Waals surface area contributed by atoms with Crippen LogP contribution in [0.15, 0.2) is 18.7 Å². The van der Waals surface area contributed by atoms with Gasteiger partial charge in [0.1, 0.15) is 5.82 Å². The van der Waals surface area contributed by atoms with Crippen molar-refractivity contribution < 1.29 is 4.79 Å². The first-order valence-corrected chi connectivity index (χ1v) is 8.63. The molecular formula is C16H25N7O. The third-order valence-corrected chi connectivity index (χ3v) is 4.53. The molecule has 1 saturated heterocycles. The number of hydrogen-bond acceptors (Lipinski definition) is 4. The molecule has 3 heterocycles. The minimum atomic E-state index is 0.0358. The second-order valence-electron chi connectivity index (χ2n) is 6.05. The van der Waals surface area contributed by atoms with E-state index in [0.717, 1.165) is 44.1 Å². The SMILES string of the molecule is CCNC(=O)N1CCC(c2nnc(Cn3ccnc3)n2CC)CC1. The molecule has 3 rings (SSSR count). The van der Waals surface area contributed by atoms with E-state index in [1.807, 2.05) is 22.6 Å². The van der Waals surface area contributed by atoms with E-state index in [4.69, 9.17) is 0 Å². The maximum atomic E-state index is 11.9. The molecule has 0 unspecified atom stereocenters. The Labute approximate surface area is 141 Å². The van der Waals surface area contributed by atoms with Crippen LogP contribution in [-0.4, -0.2) is 54.9 Å². The molecule has 130 valence electrons. The number of carbonyl (C=O) groups excluding carboxylic acids is 1. The van der Waals surface area contributed by atoms with Crippen LogP contribution in [0.4, 0.5) is 4.79 Å². The molecule has 1 fully saturated rings. The van der Waals surface area contributed by atoms with Crippen LogP contribution in [0.1, 0.15) is 44.3 Å². The Bertz CT molecular complexity index is 656. The zero-order chi connectivity index (χ0) is 16.9. The van der Waals surface area contributed by atoms with Gasteiger partial charge >= 0.3 is 6.03 Å². The van der Waals surface area contributed by atoms with Crippen molar-refractivity contribution in [2.45, 2.75) is 45.7 Å². The highest BCUT2D eigenvalue weighted by Crippen LogP contribution is 2.27.